The zero-order valence-corrected chi connectivity index (χ0v) is 13.7. The molecule has 0 radical (unpaired) electrons. The van der Waals surface area contributed by atoms with Gasteiger partial charge in [-0.15, -0.1) is 0 Å². The van der Waals surface area contributed by atoms with Crippen LogP contribution in [-0.4, -0.2) is 25.5 Å². The van der Waals surface area contributed by atoms with Gasteiger partial charge in [0.2, 0.25) is 0 Å². The monoisotopic (exact) mass is 333 g/mol. The average molecular weight is 333 g/mol. The lowest BCUT2D eigenvalue weighted by molar-refractivity contribution is 0.102. The van der Waals surface area contributed by atoms with Crippen molar-refractivity contribution in [1.29, 1.82) is 0 Å². The number of hydrogen-bond donors (Lipinski definition) is 1. The summed E-state index contributed by atoms with van der Waals surface area (Å²) in [6, 6.07) is 9.31. The number of carbonyl (C=O) groups is 1. The van der Waals surface area contributed by atoms with E-state index in [-0.39, 0.29) is 5.91 Å². The molecule has 124 valence electrons. The second-order valence-corrected chi connectivity index (χ2v) is 5.75. The molecule has 7 heteroatoms. The maximum Gasteiger partial charge on any atom is 0.276 e. The molecular weight excluding hydrogens is 318 g/mol. The number of rotatable bonds is 3. The first-order valence-corrected chi connectivity index (χ1v) is 7.74. The predicted molar refractivity (Wildman–Crippen MR) is 92.4 cm³/mol. The Morgan fingerprint density at radius 2 is 1.96 bits per heavy atom. The summed E-state index contributed by atoms with van der Waals surface area (Å²) in [4.78, 5) is 21.0. The fraction of sp³-hybridized carbons (Fsp3) is 0.111. The summed E-state index contributed by atoms with van der Waals surface area (Å²) in [7, 11) is 0. The number of fused-ring (bicyclic) bond motifs is 1. The van der Waals surface area contributed by atoms with Gasteiger partial charge in [0.1, 0.15) is 12.0 Å². The molecule has 1 aromatic carbocycles. The number of imidazole rings is 1. The van der Waals surface area contributed by atoms with E-state index in [1.807, 2.05) is 44.2 Å². The standard InChI is InChI=1S/C18H15N5O2/c1-11-7-12(2)22-23-16(8-19-17(11)23)18(24)21-14-5-3-13(4-6-14)15-9-25-10-20-15/h3-10H,1-2H3,(H,21,24). The van der Waals surface area contributed by atoms with Gasteiger partial charge in [-0.25, -0.2) is 14.5 Å². The van der Waals surface area contributed by atoms with Crippen LogP contribution in [0.15, 0.2) is 53.6 Å². The first-order valence-electron chi connectivity index (χ1n) is 7.74. The molecule has 3 heterocycles. The van der Waals surface area contributed by atoms with Gasteiger partial charge in [0.15, 0.2) is 17.7 Å². The number of aromatic nitrogens is 4. The fourth-order valence-electron chi connectivity index (χ4n) is 2.71. The van der Waals surface area contributed by atoms with Gasteiger partial charge >= 0.3 is 0 Å². The molecule has 0 aliphatic rings. The van der Waals surface area contributed by atoms with Crippen molar-refractivity contribution >= 4 is 17.2 Å². The summed E-state index contributed by atoms with van der Waals surface area (Å²) in [5, 5.41) is 7.25. The van der Waals surface area contributed by atoms with Crippen LogP contribution in [0.2, 0.25) is 0 Å². The third-order valence-corrected chi connectivity index (χ3v) is 3.88. The largest absolute Gasteiger partial charge is 0.451 e. The Morgan fingerprint density at radius 3 is 2.68 bits per heavy atom. The minimum absolute atomic E-state index is 0.265. The molecule has 7 nitrogen and oxygen atoms in total. The van der Waals surface area contributed by atoms with E-state index in [9.17, 15) is 4.79 Å². The molecule has 1 amide bonds. The molecule has 4 aromatic rings. The first-order chi connectivity index (χ1) is 12.1. The van der Waals surface area contributed by atoms with E-state index >= 15 is 0 Å². The highest BCUT2D eigenvalue weighted by atomic mass is 16.3. The number of hydrogen-bond acceptors (Lipinski definition) is 5. The van der Waals surface area contributed by atoms with Gasteiger partial charge in [0, 0.05) is 11.3 Å². The second-order valence-electron chi connectivity index (χ2n) is 5.75. The molecule has 0 saturated heterocycles. The fourth-order valence-corrected chi connectivity index (χ4v) is 2.71. The molecule has 25 heavy (non-hydrogen) atoms. The van der Waals surface area contributed by atoms with Crippen LogP contribution < -0.4 is 5.32 Å². The SMILES string of the molecule is Cc1cc(C)c2ncc(C(=O)Nc3ccc(-c4cocn4)cc3)n2n1. The van der Waals surface area contributed by atoms with E-state index in [4.69, 9.17) is 4.42 Å². The Bertz CT molecular complexity index is 1050. The summed E-state index contributed by atoms with van der Waals surface area (Å²) in [5.41, 5.74) is 5.21. The van der Waals surface area contributed by atoms with Crippen LogP contribution in [0.5, 0.6) is 0 Å². The summed E-state index contributed by atoms with van der Waals surface area (Å²) in [5.74, 6) is -0.265. The number of amides is 1. The Hall–Kier alpha value is -3.48. The summed E-state index contributed by atoms with van der Waals surface area (Å²) < 4.78 is 6.55. The number of aryl methyl sites for hydroxylation is 2. The molecule has 0 spiro atoms. The zero-order valence-electron chi connectivity index (χ0n) is 13.7. The first kappa shape index (κ1) is 15.1. The maximum absolute atomic E-state index is 12.6. The highest BCUT2D eigenvalue weighted by Crippen LogP contribution is 2.20. The number of anilines is 1. The second kappa shape index (κ2) is 5.86. The van der Waals surface area contributed by atoms with E-state index in [1.54, 1.807) is 10.8 Å². The molecule has 1 N–H and O–H groups in total. The van der Waals surface area contributed by atoms with Crippen molar-refractivity contribution in [2.75, 3.05) is 5.32 Å². The van der Waals surface area contributed by atoms with Crippen molar-refractivity contribution in [1.82, 2.24) is 19.6 Å². The van der Waals surface area contributed by atoms with Crippen molar-refractivity contribution in [2.24, 2.45) is 0 Å². The number of benzene rings is 1. The maximum atomic E-state index is 12.6. The molecule has 0 bridgehead atoms. The number of nitrogens with zero attached hydrogens (tertiary/aromatic N) is 4. The number of nitrogens with one attached hydrogen (secondary N) is 1. The summed E-state index contributed by atoms with van der Waals surface area (Å²) >= 11 is 0. The quantitative estimate of drug-likeness (QED) is 0.622. The van der Waals surface area contributed by atoms with Gasteiger partial charge in [0.05, 0.1) is 11.9 Å². The van der Waals surface area contributed by atoms with Crippen molar-refractivity contribution in [3.05, 3.63) is 66.1 Å². The van der Waals surface area contributed by atoms with Crippen LogP contribution in [0.25, 0.3) is 16.9 Å². The van der Waals surface area contributed by atoms with Gasteiger partial charge < -0.3 is 9.73 Å². The lowest BCUT2D eigenvalue weighted by Crippen LogP contribution is -2.15. The summed E-state index contributed by atoms with van der Waals surface area (Å²) in [6.45, 7) is 3.83. The Balaban J connectivity index is 1.60. The lowest BCUT2D eigenvalue weighted by Gasteiger charge is -2.06. The Labute approximate surface area is 143 Å². The van der Waals surface area contributed by atoms with Crippen molar-refractivity contribution in [3.63, 3.8) is 0 Å². The van der Waals surface area contributed by atoms with E-state index in [0.29, 0.717) is 17.0 Å². The van der Waals surface area contributed by atoms with Crippen molar-refractivity contribution in [2.45, 2.75) is 13.8 Å². The Morgan fingerprint density at radius 1 is 1.16 bits per heavy atom. The van der Waals surface area contributed by atoms with Crippen LogP contribution in [0.1, 0.15) is 21.7 Å². The zero-order chi connectivity index (χ0) is 17.4. The van der Waals surface area contributed by atoms with Gasteiger partial charge in [-0.3, -0.25) is 4.79 Å². The van der Waals surface area contributed by atoms with Gasteiger partial charge in [-0.05, 0) is 37.6 Å². The van der Waals surface area contributed by atoms with E-state index in [2.05, 4.69) is 20.4 Å². The number of carbonyl (C=O) groups excluding carboxylic acids is 1. The molecule has 0 atom stereocenters. The molecule has 0 aliphatic heterocycles. The molecular formula is C18H15N5O2. The minimum Gasteiger partial charge on any atom is -0.451 e. The molecule has 0 fully saturated rings. The lowest BCUT2D eigenvalue weighted by atomic mass is 10.1. The summed E-state index contributed by atoms with van der Waals surface area (Å²) in [6.07, 6.45) is 4.49. The smallest absolute Gasteiger partial charge is 0.276 e. The molecule has 0 unspecified atom stereocenters. The minimum atomic E-state index is -0.265. The van der Waals surface area contributed by atoms with Gasteiger partial charge in [-0.2, -0.15) is 5.10 Å². The molecule has 0 saturated carbocycles. The van der Waals surface area contributed by atoms with Crippen LogP contribution in [-0.2, 0) is 0 Å². The topological polar surface area (TPSA) is 85.3 Å². The van der Waals surface area contributed by atoms with Crippen LogP contribution in [0.3, 0.4) is 0 Å². The van der Waals surface area contributed by atoms with E-state index in [1.165, 1.54) is 12.6 Å². The van der Waals surface area contributed by atoms with Gasteiger partial charge in [-0.1, -0.05) is 12.1 Å². The van der Waals surface area contributed by atoms with Crippen LogP contribution >= 0.6 is 0 Å². The highest BCUT2D eigenvalue weighted by molar-refractivity contribution is 6.03. The van der Waals surface area contributed by atoms with Crippen LogP contribution in [0.4, 0.5) is 5.69 Å². The van der Waals surface area contributed by atoms with Crippen LogP contribution in [0, 0.1) is 13.8 Å². The highest BCUT2D eigenvalue weighted by Gasteiger charge is 2.15. The molecule has 0 aliphatic carbocycles. The Kier molecular flexibility index (Phi) is 3.53. The molecule has 3 aromatic heterocycles. The van der Waals surface area contributed by atoms with Gasteiger partial charge in [0.25, 0.3) is 5.91 Å². The van der Waals surface area contributed by atoms with Crippen molar-refractivity contribution in [3.8, 4) is 11.3 Å². The van der Waals surface area contributed by atoms with Crippen molar-refractivity contribution < 1.29 is 9.21 Å². The predicted octanol–water partition coefficient (Wildman–Crippen LogP) is 3.25. The third kappa shape index (κ3) is 2.76. The molecule has 4 rings (SSSR count). The van der Waals surface area contributed by atoms with E-state index in [0.717, 1.165) is 22.5 Å². The number of oxazole rings is 1. The third-order valence-electron chi connectivity index (χ3n) is 3.88. The van der Waals surface area contributed by atoms with E-state index < -0.39 is 0 Å². The normalized spacial score (nSPS) is 11.0. The average Bonchev–Trinajstić information content (AvgIpc) is 3.25.